The quantitative estimate of drug-likeness (QED) is 0.761. The summed E-state index contributed by atoms with van der Waals surface area (Å²) in [6, 6.07) is 3.67. The summed E-state index contributed by atoms with van der Waals surface area (Å²) in [6.07, 6.45) is 1.90. The first-order valence-corrected chi connectivity index (χ1v) is 8.35. The number of carbonyl (C=O) groups excluding carboxylic acids is 1. The van der Waals surface area contributed by atoms with Gasteiger partial charge < -0.3 is 10.5 Å². The molecule has 1 fully saturated rings. The van der Waals surface area contributed by atoms with Crippen LogP contribution in [0.2, 0.25) is 5.02 Å². The number of hydrogen-bond donors (Lipinski definition) is 2. The molecular formula is C13H17ClN2O4S. The Morgan fingerprint density at radius 2 is 2.19 bits per heavy atom. The molecule has 0 saturated heterocycles. The van der Waals surface area contributed by atoms with Crippen molar-refractivity contribution in [1.29, 1.82) is 0 Å². The molecule has 0 heterocycles. The molecule has 8 heteroatoms. The van der Waals surface area contributed by atoms with Gasteiger partial charge in [0.1, 0.15) is 0 Å². The van der Waals surface area contributed by atoms with Crippen molar-refractivity contribution in [3.63, 3.8) is 0 Å². The van der Waals surface area contributed by atoms with Crippen LogP contribution in [0.25, 0.3) is 0 Å². The highest BCUT2D eigenvalue weighted by molar-refractivity contribution is 7.89. The zero-order valence-corrected chi connectivity index (χ0v) is 13.1. The molecule has 1 atom stereocenters. The molecule has 1 aliphatic carbocycles. The predicted octanol–water partition coefficient (Wildman–Crippen LogP) is 1.14. The Bertz CT molecular complexity index is 644. The van der Waals surface area contributed by atoms with Crippen molar-refractivity contribution >= 4 is 27.6 Å². The number of nitrogens with one attached hydrogen (secondary N) is 1. The zero-order chi connectivity index (χ0) is 15.6. The molecule has 1 saturated carbocycles. The van der Waals surface area contributed by atoms with E-state index in [1.807, 2.05) is 0 Å². The highest BCUT2D eigenvalue weighted by atomic mass is 35.5. The molecule has 3 N–H and O–H groups in total. The van der Waals surface area contributed by atoms with E-state index in [2.05, 4.69) is 9.46 Å². The maximum absolute atomic E-state index is 12.5. The molecule has 1 aromatic rings. The second kappa shape index (κ2) is 6.31. The lowest BCUT2D eigenvalue weighted by Gasteiger charge is -2.17. The third-order valence-electron chi connectivity index (χ3n) is 3.39. The fourth-order valence-electron chi connectivity index (χ4n) is 2.10. The van der Waals surface area contributed by atoms with E-state index in [0.717, 1.165) is 12.8 Å². The van der Waals surface area contributed by atoms with Crippen LogP contribution in [-0.2, 0) is 14.8 Å². The van der Waals surface area contributed by atoms with Gasteiger partial charge in [-0.25, -0.2) is 17.9 Å². The third-order valence-corrected chi connectivity index (χ3v) is 5.15. The highest BCUT2D eigenvalue weighted by Gasteiger charge is 2.34. The van der Waals surface area contributed by atoms with Crippen molar-refractivity contribution < 1.29 is 17.9 Å². The van der Waals surface area contributed by atoms with E-state index >= 15 is 0 Å². The van der Waals surface area contributed by atoms with Gasteiger partial charge in [0, 0.05) is 17.6 Å². The van der Waals surface area contributed by atoms with Crippen LogP contribution in [0.1, 0.15) is 23.2 Å². The minimum absolute atomic E-state index is 0.0547. The molecule has 0 aromatic heterocycles. The van der Waals surface area contributed by atoms with E-state index in [1.165, 1.54) is 25.3 Å². The van der Waals surface area contributed by atoms with E-state index in [0.29, 0.717) is 0 Å². The summed E-state index contributed by atoms with van der Waals surface area (Å²) < 4.78 is 32.1. The lowest BCUT2D eigenvalue weighted by atomic mass is 10.2. The average molecular weight is 333 g/mol. The van der Waals surface area contributed by atoms with Gasteiger partial charge in [0.2, 0.25) is 10.0 Å². The summed E-state index contributed by atoms with van der Waals surface area (Å²) in [7, 11) is -2.71. The van der Waals surface area contributed by atoms with E-state index in [9.17, 15) is 13.2 Å². The van der Waals surface area contributed by atoms with Gasteiger partial charge in [-0.15, -0.1) is 0 Å². The molecular weight excluding hydrogens is 316 g/mol. The van der Waals surface area contributed by atoms with Crippen molar-refractivity contribution in [2.75, 3.05) is 13.7 Å². The van der Waals surface area contributed by atoms with Gasteiger partial charge in [0.05, 0.1) is 17.6 Å². The molecule has 6 nitrogen and oxygen atoms in total. The summed E-state index contributed by atoms with van der Waals surface area (Å²) in [6.45, 7) is 0.206. The minimum atomic E-state index is -3.90. The molecule has 116 valence electrons. The van der Waals surface area contributed by atoms with Gasteiger partial charge in [0.15, 0.2) is 0 Å². The molecule has 0 aliphatic heterocycles. The molecule has 0 amide bonds. The van der Waals surface area contributed by atoms with Crippen LogP contribution in [0.15, 0.2) is 23.1 Å². The van der Waals surface area contributed by atoms with Crippen molar-refractivity contribution in [1.82, 2.24) is 4.72 Å². The fraction of sp³-hybridized carbons (Fsp3) is 0.462. The van der Waals surface area contributed by atoms with Gasteiger partial charge >= 0.3 is 5.97 Å². The fourth-order valence-corrected chi connectivity index (χ4v) is 3.87. The van der Waals surface area contributed by atoms with Crippen LogP contribution in [0.3, 0.4) is 0 Å². The van der Waals surface area contributed by atoms with Crippen molar-refractivity contribution in [3.05, 3.63) is 28.8 Å². The van der Waals surface area contributed by atoms with Crippen molar-refractivity contribution in [2.24, 2.45) is 11.7 Å². The standard InChI is InChI=1S/C13H17ClN2O4S/c1-20-13(17)10-5-4-9(14)6-12(10)21(18,19)16-11(7-15)8-2-3-8/h4-6,8,11,16H,2-3,7,15H2,1H3. The Morgan fingerprint density at radius 3 is 2.71 bits per heavy atom. The van der Waals surface area contributed by atoms with Gasteiger partial charge in [-0.2, -0.15) is 0 Å². The maximum atomic E-state index is 12.5. The van der Waals surface area contributed by atoms with Crippen LogP contribution >= 0.6 is 11.6 Å². The van der Waals surface area contributed by atoms with E-state index in [-0.39, 0.29) is 34.0 Å². The summed E-state index contributed by atoms with van der Waals surface area (Å²) in [5, 5.41) is 0.221. The second-order valence-electron chi connectivity index (χ2n) is 4.93. The number of sulfonamides is 1. The van der Waals surface area contributed by atoms with E-state index in [4.69, 9.17) is 17.3 Å². The molecule has 1 unspecified atom stereocenters. The molecule has 21 heavy (non-hydrogen) atoms. The first-order valence-electron chi connectivity index (χ1n) is 6.49. The summed E-state index contributed by atoms with van der Waals surface area (Å²) in [5.74, 6) is -0.478. The predicted molar refractivity (Wildman–Crippen MR) is 78.7 cm³/mol. The summed E-state index contributed by atoms with van der Waals surface area (Å²) >= 11 is 5.85. The number of hydrogen-bond acceptors (Lipinski definition) is 5. The van der Waals surface area contributed by atoms with Crippen molar-refractivity contribution in [3.8, 4) is 0 Å². The first kappa shape index (κ1) is 16.2. The topological polar surface area (TPSA) is 98.5 Å². The van der Waals surface area contributed by atoms with E-state index in [1.54, 1.807) is 0 Å². The Hall–Kier alpha value is -1.15. The SMILES string of the molecule is COC(=O)c1ccc(Cl)cc1S(=O)(=O)NC(CN)C1CC1. The third kappa shape index (κ3) is 3.74. The number of esters is 1. The first-order chi connectivity index (χ1) is 9.89. The van der Waals surface area contributed by atoms with E-state index < -0.39 is 16.0 Å². The normalized spacial score (nSPS) is 16.5. The maximum Gasteiger partial charge on any atom is 0.339 e. The van der Waals surface area contributed by atoms with Crippen LogP contribution in [0.4, 0.5) is 0 Å². The number of carbonyl (C=O) groups is 1. The van der Waals surface area contributed by atoms with Gasteiger partial charge in [-0.05, 0) is 37.0 Å². The number of rotatable bonds is 6. The van der Waals surface area contributed by atoms with Crippen LogP contribution < -0.4 is 10.5 Å². The number of methoxy groups -OCH3 is 1. The summed E-state index contributed by atoms with van der Waals surface area (Å²) in [5.41, 5.74) is 5.55. The average Bonchev–Trinajstić information content (AvgIpc) is 3.28. The van der Waals surface area contributed by atoms with Crippen LogP contribution in [0.5, 0.6) is 0 Å². The molecule has 0 radical (unpaired) electrons. The van der Waals surface area contributed by atoms with Crippen LogP contribution in [-0.4, -0.2) is 34.1 Å². The smallest absolute Gasteiger partial charge is 0.339 e. The monoisotopic (exact) mass is 332 g/mol. The number of ether oxygens (including phenoxy) is 1. The molecule has 0 bridgehead atoms. The van der Waals surface area contributed by atoms with Gasteiger partial charge in [0.25, 0.3) is 0 Å². The Labute approximate surface area is 128 Å². The minimum Gasteiger partial charge on any atom is -0.465 e. The Morgan fingerprint density at radius 1 is 1.52 bits per heavy atom. The number of halogens is 1. The zero-order valence-electron chi connectivity index (χ0n) is 11.5. The Balaban J connectivity index is 2.38. The molecule has 1 aromatic carbocycles. The lowest BCUT2D eigenvalue weighted by Crippen LogP contribution is -2.42. The number of benzene rings is 1. The van der Waals surface area contributed by atoms with Crippen molar-refractivity contribution in [2.45, 2.75) is 23.8 Å². The second-order valence-corrected chi connectivity index (χ2v) is 7.05. The number of nitrogens with two attached hydrogens (primary N) is 1. The molecule has 2 rings (SSSR count). The summed E-state index contributed by atoms with van der Waals surface area (Å²) in [4.78, 5) is 11.5. The van der Waals surface area contributed by atoms with Gasteiger partial charge in [-0.3, -0.25) is 0 Å². The van der Waals surface area contributed by atoms with Crippen LogP contribution in [0, 0.1) is 5.92 Å². The lowest BCUT2D eigenvalue weighted by molar-refractivity contribution is 0.0596. The molecule has 1 aliphatic rings. The largest absolute Gasteiger partial charge is 0.465 e. The van der Waals surface area contributed by atoms with Gasteiger partial charge in [-0.1, -0.05) is 11.6 Å². The molecule has 0 spiro atoms. The Kier molecular flexibility index (Phi) is 4.88. The highest BCUT2D eigenvalue weighted by Crippen LogP contribution is 2.33.